The number of carbonyl (C=O) groups is 1. The van der Waals surface area contributed by atoms with Crippen LogP contribution < -0.4 is 9.47 Å². The van der Waals surface area contributed by atoms with E-state index in [9.17, 15) is 4.79 Å². The maximum absolute atomic E-state index is 12.9. The molecule has 1 amide bonds. The molecular formula is C21H17N3O4S. The lowest BCUT2D eigenvalue weighted by molar-refractivity contribution is -0.135. The van der Waals surface area contributed by atoms with Crippen molar-refractivity contribution in [1.29, 1.82) is 5.26 Å². The van der Waals surface area contributed by atoms with Crippen molar-refractivity contribution in [1.82, 2.24) is 5.01 Å². The average Bonchev–Trinajstić information content (AvgIpc) is 3.51. The van der Waals surface area contributed by atoms with Crippen LogP contribution in [0.25, 0.3) is 0 Å². The van der Waals surface area contributed by atoms with Gasteiger partial charge in [-0.05, 0) is 35.7 Å². The number of rotatable bonds is 6. The lowest BCUT2D eigenvalue weighted by Crippen LogP contribution is -2.31. The smallest absolute Gasteiger partial charge is 0.281 e. The van der Waals surface area contributed by atoms with Gasteiger partial charge in [-0.1, -0.05) is 6.07 Å². The molecule has 1 aliphatic rings. The summed E-state index contributed by atoms with van der Waals surface area (Å²) in [4.78, 5) is 14.0. The summed E-state index contributed by atoms with van der Waals surface area (Å²) in [6.07, 6.45) is 2.16. The molecule has 0 fully saturated rings. The van der Waals surface area contributed by atoms with Gasteiger partial charge in [-0.3, -0.25) is 4.79 Å². The molecule has 1 aliphatic heterocycles. The van der Waals surface area contributed by atoms with Crippen molar-refractivity contribution in [3.63, 3.8) is 0 Å². The highest BCUT2D eigenvalue weighted by atomic mass is 32.1. The number of nitrogens with zero attached hydrogens (tertiary/aromatic N) is 3. The molecule has 0 bridgehead atoms. The van der Waals surface area contributed by atoms with E-state index in [0.29, 0.717) is 29.2 Å². The third-order valence-electron chi connectivity index (χ3n) is 4.49. The van der Waals surface area contributed by atoms with Crippen molar-refractivity contribution in [2.75, 3.05) is 13.7 Å². The summed E-state index contributed by atoms with van der Waals surface area (Å²) in [6, 6.07) is 14.2. The van der Waals surface area contributed by atoms with Gasteiger partial charge in [0, 0.05) is 17.4 Å². The van der Waals surface area contributed by atoms with Crippen LogP contribution in [0.3, 0.4) is 0 Å². The molecule has 0 N–H and O–H groups in total. The van der Waals surface area contributed by atoms with Gasteiger partial charge in [0.25, 0.3) is 5.91 Å². The topological polar surface area (TPSA) is 88.1 Å². The van der Waals surface area contributed by atoms with Gasteiger partial charge in [-0.15, -0.1) is 11.3 Å². The number of furan rings is 1. The van der Waals surface area contributed by atoms with E-state index in [0.717, 1.165) is 10.6 Å². The number of benzene rings is 1. The minimum atomic E-state index is -0.281. The third-order valence-corrected chi connectivity index (χ3v) is 5.46. The Kier molecular flexibility index (Phi) is 5.31. The molecule has 1 unspecified atom stereocenters. The van der Waals surface area contributed by atoms with Crippen LogP contribution in [0.5, 0.6) is 11.5 Å². The Bertz CT molecular complexity index is 1070. The minimum Gasteiger partial charge on any atom is -0.493 e. The van der Waals surface area contributed by atoms with Gasteiger partial charge in [0.1, 0.15) is 11.5 Å². The standard InChI is InChI=1S/C21H17N3O4S/c1-26-19-10-14(12-22)6-7-18(19)28-13-21(25)24-16(20-5-3-9-29-20)11-15(23-24)17-4-2-8-27-17/h2-10,16H,11,13H2,1H3. The highest BCUT2D eigenvalue weighted by molar-refractivity contribution is 7.10. The molecule has 2 aromatic heterocycles. The van der Waals surface area contributed by atoms with Gasteiger partial charge in [-0.2, -0.15) is 10.4 Å². The lowest BCUT2D eigenvalue weighted by Gasteiger charge is -2.21. The summed E-state index contributed by atoms with van der Waals surface area (Å²) in [5, 5.41) is 16.9. The van der Waals surface area contributed by atoms with Crippen molar-refractivity contribution in [2.45, 2.75) is 12.5 Å². The Morgan fingerprint density at radius 2 is 2.24 bits per heavy atom. The maximum Gasteiger partial charge on any atom is 0.281 e. The molecule has 3 aromatic rings. The number of ether oxygens (including phenoxy) is 2. The Morgan fingerprint density at radius 3 is 2.93 bits per heavy atom. The zero-order valence-electron chi connectivity index (χ0n) is 15.6. The van der Waals surface area contributed by atoms with E-state index in [-0.39, 0.29) is 18.6 Å². The van der Waals surface area contributed by atoms with Gasteiger partial charge in [0.2, 0.25) is 0 Å². The number of hydrogen-bond acceptors (Lipinski definition) is 7. The van der Waals surface area contributed by atoms with Crippen molar-refractivity contribution < 1.29 is 18.7 Å². The van der Waals surface area contributed by atoms with Crippen LogP contribution in [0, 0.1) is 11.3 Å². The quantitative estimate of drug-likeness (QED) is 0.617. The zero-order chi connectivity index (χ0) is 20.2. The Labute approximate surface area is 171 Å². The molecule has 0 saturated heterocycles. The van der Waals surface area contributed by atoms with E-state index >= 15 is 0 Å². The van der Waals surface area contributed by atoms with Crippen molar-refractivity contribution >= 4 is 23.0 Å². The van der Waals surface area contributed by atoms with E-state index in [2.05, 4.69) is 5.10 Å². The monoisotopic (exact) mass is 407 g/mol. The fourth-order valence-electron chi connectivity index (χ4n) is 3.10. The molecule has 0 aliphatic carbocycles. The average molecular weight is 407 g/mol. The number of carbonyl (C=O) groups excluding carboxylic acids is 1. The van der Waals surface area contributed by atoms with Crippen molar-refractivity contribution in [2.24, 2.45) is 5.10 Å². The Hall–Kier alpha value is -3.57. The van der Waals surface area contributed by atoms with Crippen LogP contribution in [0.1, 0.15) is 28.7 Å². The molecule has 146 valence electrons. The largest absolute Gasteiger partial charge is 0.493 e. The molecule has 0 radical (unpaired) electrons. The van der Waals surface area contributed by atoms with E-state index in [1.54, 1.807) is 41.9 Å². The summed E-state index contributed by atoms with van der Waals surface area (Å²) in [5.74, 6) is 1.16. The van der Waals surface area contributed by atoms with Gasteiger partial charge < -0.3 is 13.9 Å². The number of hydrogen-bond donors (Lipinski definition) is 0. The molecule has 0 saturated carbocycles. The molecule has 4 rings (SSSR count). The minimum absolute atomic E-state index is 0.200. The highest BCUT2D eigenvalue weighted by Crippen LogP contribution is 2.35. The molecule has 8 heteroatoms. The zero-order valence-corrected chi connectivity index (χ0v) is 16.4. The molecular weight excluding hydrogens is 390 g/mol. The first-order chi connectivity index (χ1) is 14.2. The second-order valence-electron chi connectivity index (χ2n) is 6.26. The number of methoxy groups -OCH3 is 1. The lowest BCUT2D eigenvalue weighted by atomic mass is 10.1. The fourth-order valence-corrected chi connectivity index (χ4v) is 3.91. The van der Waals surface area contributed by atoms with Gasteiger partial charge in [-0.25, -0.2) is 5.01 Å². The molecule has 1 aromatic carbocycles. The summed E-state index contributed by atoms with van der Waals surface area (Å²) < 4.78 is 16.4. The predicted molar refractivity (Wildman–Crippen MR) is 107 cm³/mol. The van der Waals surface area contributed by atoms with Crippen LogP contribution in [0.2, 0.25) is 0 Å². The number of amides is 1. The third kappa shape index (κ3) is 3.86. The maximum atomic E-state index is 12.9. The van der Waals surface area contributed by atoms with Crippen LogP contribution in [-0.4, -0.2) is 30.3 Å². The van der Waals surface area contributed by atoms with Crippen molar-refractivity contribution in [3.05, 3.63) is 70.3 Å². The van der Waals surface area contributed by atoms with Gasteiger partial charge in [0.15, 0.2) is 18.1 Å². The summed E-state index contributed by atoms with van der Waals surface area (Å²) >= 11 is 1.58. The van der Waals surface area contributed by atoms with Gasteiger partial charge >= 0.3 is 0 Å². The van der Waals surface area contributed by atoms with E-state index in [4.69, 9.17) is 19.2 Å². The van der Waals surface area contributed by atoms with E-state index in [1.807, 2.05) is 29.6 Å². The SMILES string of the molecule is COc1cc(C#N)ccc1OCC(=O)N1N=C(c2ccco2)CC1c1cccs1. The van der Waals surface area contributed by atoms with Crippen LogP contribution in [0.4, 0.5) is 0 Å². The predicted octanol–water partition coefficient (Wildman–Crippen LogP) is 3.98. The van der Waals surface area contributed by atoms with Crippen LogP contribution in [0.15, 0.2) is 63.6 Å². The van der Waals surface area contributed by atoms with E-state index < -0.39 is 0 Å². The Morgan fingerprint density at radius 1 is 1.34 bits per heavy atom. The Balaban J connectivity index is 1.53. The van der Waals surface area contributed by atoms with E-state index in [1.165, 1.54) is 12.1 Å². The first-order valence-electron chi connectivity index (χ1n) is 8.87. The molecule has 29 heavy (non-hydrogen) atoms. The normalized spacial score (nSPS) is 15.7. The van der Waals surface area contributed by atoms with Crippen LogP contribution in [-0.2, 0) is 4.79 Å². The number of nitriles is 1. The van der Waals surface area contributed by atoms with Crippen LogP contribution >= 0.6 is 11.3 Å². The second-order valence-corrected chi connectivity index (χ2v) is 7.24. The molecule has 7 nitrogen and oxygen atoms in total. The summed E-state index contributed by atoms with van der Waals surface area (Å²) in [5.41, 5.74) is 1.17. The molecule has 0 spiro atoms. The number of hydrazone groups is 1. The molecule has 3 heterocycles. The summed E-state index contributed by atoms with van der Waals surface area (Å²) in [6.45, 7) is -0.209. The van der Waals surface area contributed by atoms with Crippen molar-refractivity contribution in [3.8, 4) is 17.6 Å². The van der Waals surface area contributed by atoms with Gasteiger partial charge in [0.05, 0.1) is 31.0 Å². The number of thiophene rings is 1. The highest BCUT2D eigenvalue weighted by Gasteiger charge is 2.34. The molecule has 1 atom stereocenters. The first-order valence-corrected chi connectivity index (χ1v) is 9.75. The second kappa shape index (κ2) is 8.20. The summed E-state index contributed by atoms with van der Waals surface area (Å²) in [7, 11) is 1.48. The first kappa shape index (κ1) is 18.8. The fraction of sp³-hybridized carbons (Fsp3) is 0.190.